The fourth-order valence-corrected chi connectivity index (χ4v) is 2.85. The largest absolute Gasteiger partial charge is 0.508 e. The van der Waals surface area contributed by atoms with Crippen LogP contribution in [0.4, 0.5) is 0 Å². The first kappa shape index (κ1) is 13.2. The van der Waals surface area contributed by atoms with Crippen molar-refractivity contribution >= 4 is 0 Å². The van der Waals surface area contributed by atoms with Crippen LogP contribution in [0.1, 0.15) is 56.9 Å². The van der Waals surface area contributed by atoms with Gasteiger partial charge in [-0.25, -0.2) is 0 Å². The van der Waals surface area contributed by atoms with Crippen LogP contribution < -0.4 is 0 Å². The molecule has 1 fully saturated rings. The average molecular weight is 244 g/mol. The van der Waals surface area contributed by atoms with Crippen molar-refractivity contribution in [3.8, 4) is 5.75 Å². The minimum absolute atomic E-state index is 0.370. The van der Waals surface area contributed by atoms with E-state index in [-0.39, 0.29) is 0 Å². The molecule has 98 valence electrons. The Morgan fingerprint density at radius 1 is 1.11 bits per heavy atom. The van der Waals surface area contributed by atoms with Crippen LogP contribution in [-0.2, 0) is 0 Å². The van der Waals surface area contributed by atoms with E-state index in [0.717, 1.165) is 5.92 Å². The Labute approximate surface area is 111 Å². The summed E-state index contributed by atoms with van der Waals surface area (Å²) in [5.74, 6) is 1.86. The number of phenolic OH excluding ortho intramolecular Hbond substituents is 1. The van der Waals surface area contributed by atoms with Gasteiger partial charge in [0.05, 0.1) is 0 Å². The lowest BCUT2D eigenvalue weighted by atomic mass is 9.78. The quantitative estimate of drug-likeness (QED) is 0.737. The fourth-order valence-electron chi connectivity index (χ4n) is 2.85. The molecule has 1 aromatic rings. The van der Waals surface area contributed by atoms with Crippen LogP contribution in [-0.4, -0.2) is 5.11 Å². The third kappa shape index (κ3) is 3.63. The number of unbranched alkanes of at least 4 members (excludes halogenated alkanes) is 1. The summed E-state index contributed by atoms with van der Waals surface area (Å²) in [7, 11) is 0. The van der Waals surface area contributed by atoms with Gasteiger partial charge < -0.3 is 5.11 Å². The van der Waals surface area contributed by atoms with Gasteiger partial charge in [-0.05, 0) is 61.6 Å². The smallest absolute Gasteiger partial charge is 0.115 e. The molecule has 0 radical (unpaired) electrons. The number of hydrogen-bond acceptors (Lipinski definition) is 1. The molecule has 0 heterocycles. The van der Waals surface area contributed by atoms with Crippen LogP contribution in [0, 0.1) is 5.92 Å². The Hall–Kier alpha value is -1.24. The zero-order valence-electron chi connectivity index (χ0n) is 11.3. The van der Waals surface area contributed by atoms with Gasteiger partial charge in [0.1, 0.15) is 5.75 Å². The minimum Gasteiger partial charge on any atom is -0.508 e. The SMILES string of the molecule is CCC/C=C/C1CCC(c2ccc(O)cc2)CC1. The highest BCUT2D eigenvalue weighted by Gasteiger charge is 2.20. The standard InChI is InChI=1S/C17H24O/c1-2-3-4-5-14-6-8-15(9-7-14)16-10-12-17(18)13-11-16/h4-5,10-15,18H,2-3,6-9H2,1H3/b5-4+. The Morgan fingerprint density at radius 3 is 2.39 bits per heavy atom. The maximum atomic E-state index is 9.31. The monoisotopic (exact) mass is 244 g/mol. The van der Waals surface area contributed by atoms with E-state index in [1.807, 2.05) is 12.1 Å². The van der Waals surface area contributed by atoms with Gasteiger partial charge >= 0.3 is 0 Å². The molecule has 0 bridgehead atoms. The molecule has 2 rings (SSSR count). The Bertz CT molecular complexity index is 369. The number of hydrogen-bond donors (Lipinski definition) is 1. The van der Waals surface area contributed by atoms with E-state index in [9.17, 15) is 5.11 Å². The summed E-state index contributed by atoms with van der Waals surface area (Å²) in [6.45, 7) is 2.23. The van der Waals surface area contributed by atoms with Crippen molar-refractivity contribution in [2.45, 2.75) is 51.4 Å². The lowest BCUT2D eigenvalue weighted by Gasteiger charge is -2.27. The molecule has 1 nitrogen and oxygen atoms in total. The van der Waals surface area contributed by atoms with Crippen molar-refractivity contribution in [3.05, 3.63) is 42.0 Å². The molecule has 1 N–H and O–H groups in total. The van der Waals surface area contributed by atoms with E-state index in [0.29, 0.717) is 11.7 Å². The van der Waals surface area contributed by atoms with E-state index in [1.165, 1.54) is 44.1 Å². The van der Waals surface area contributed by atoms with Crippen LogP contribution in [0.3, 0.4) is 0 Å². The van der Waals surface area contributed by atoms with E-state index >= 15 is 0 Å². The van der Waals surface area contributed by atoms with Gasteiger partial charge in [-0.3, -0.25) is 0 Å². The summed E-state index contributed by atoms with van der Waals surface area (Å²) < 4.78 is 0. The summed E-state index contributed by atoms with van der Waals surface area (Å²) >= 11 is 0. The van der Waals surface area contributed by atoms with Gasteiger partial charge in [-0.1, -0.05) is 37.6 Å². The highest BCUT2D eigenvalue weighted by atomic mass is 16.3. The first-order chi connectivity index (χ1) is 8.79. The number of aromatic hydroxyl groups is 1. The maximum Gasteiger partial charge on any atom is 0.115 e. The van der Waals surface area contributed by atoms with E-state index < -0.39 is 0 Å². The maximum absolute atomic E-state index is 9.31. The Morgan fingerprint density at radius 2 is 1.78 bits per heavy atom. The van der Waals surface area contributed by atoms with Gasteiger partial charge in [0.15, 0.2) is 0 Å². The molecular weight excluding hydrogens is 220 g/mol. The number of rotatable bonds is 4. The molecule has 1 aliphatic rings. The zero-order valence-corrected chi connectivity index (χ0v) is 11.3. The molecule has 1 aliphatic carbocycles. The van der Waals surface area contributed by atoms with Gasteiger partial charge in [0.2, 0.25) is 0 Å². The van der Waals surface area contributed by atoms with Crippen molar-refractivity contribution < 1.29 is 5.11 Å². The topological polar surface area (TPSA) is 20.2 Å². The van der Waals surface area contributed by atoms with Crippen LogP contribution in [0.25, 0.3) is 0 Å². The van der Waals surface area contributed by atoms with Crippen molar-refractivity contribution in [1.82, 2.24) is 0 Å². The second-order valence-electron chi connectivity index (χ2n) is 5.42. The molecular formula is C17H24O. The summed E-state index contributed by atoms with van der Waals surface area (Å²) in [5.41, 5.74) is 1.39. The van der Waals surface area contributed by atoms with Crippen molar-refractivity contribution in [1.29, 1.82) is 0 Å². The summed E-state index contributed by atoms with van der Waals surface area (Å²) in [5, 5.41) is 9.31. The molecule has 0 saturated heterocycles. The van der Waals surface area contributed by atoms with Crippen LogP contribution in [0.2, 0.25) is 0 Å². The van der Waals surface area contributed by atoms with E-state index in [1.54, 1.807) is 0 Å². The summed E-state index contributed by atoms with van der Waals surface area (Å²) in [4.78, 5) is 0. The first-order valence-electron chi connectivity index (χ1n) is 7.25. The predicted octanol–water partition coefficient (Wildman–Crippen LogP) is 5.02. The molecule has 1 heteroatoms. The van der Waals surface area contributed by atoms with Gasteiger partial charge in [-0.15, -0.1) is 0 Å². The molecule has 0 amide bonds. The molecule has 0 spiro atoms. The molecule has 0 unspecified atom stereocenters. The Kier molecular flexibility index (Phi) is 4.86. The van der Waals surface area contributed by atoms with Gasteiger partial charge in [0.25, 0.3) is 0 Å². The first-order valence-corrected chi connectivity index (χ1v) is 7.25. The molecule has 0 atom stereocenters. The average Bonchev–Trinajstić information content (AvgIpc) is 2.41. The van der Waals surface area contributed by atoms with Crippen molar-refractivity contribution in [2.24, 2.45) is 5.92 Å². The van der Waals surface area contributed by atoms with Crippen LogP contribution >= 0.6 is 0 Å². The second kappa shape index (κ2) is 6.63. The minimum atomic E-state index is 0.370. The zero-order chi connectivity index (χ0) is 12.8. The normalized spacial score (nSPS) is 24.5. The third-order valence-corrected chi connectivity index (χ3v) is 4.00. The number of allylic oxidation sites excluding steroid dienone is 2. The second-order valence-corrected chi connectivity index (χ2v) is 5.42. The molecule has 0 aliphatic heterocycles. The van der Waals surface area contributed by atoms with Crippen LogP contribution in [0.15, 0.2) is 36.4 Å². The van der Waals surface area contributed by atoms with E-state index in [2.05, 4.69) is 31.2 Å². The van der Waals surface area contributed by atoms with E-state index in [4.69, 9.17) is 0 Å². The Balaban J connectivity index is 1.84. The number of benzene rings is 1. The highest BCUT2D eigenvalue weighted by molar-refractivity contribution is 5.28. The molecule has 0 aromatic heterocycles. The lowest BCUT2D eigenvalue weighted by molar-refractivity contribution is 0.375. The fraction of sp³-hybridized carbons (Fsp3) is 0.529. The van der Waals surface area contributed by atoms with Gasteiger partial charge in [-0.2, -0.15) is 0 Å². The van der Waals surface area contributed by atoms with Gasteiger partial charge in [0, 0.05) is 0 Å². The lowest BCUT2D eigenvalue weighted by Crippen LogP contribution is -2.11. The number of phenols is 1. The molecule has 1 aromatic carbocycles. The van der Waals surface area contributed by atoms with Crippen molar-refractivity contribution in [3.63, 3.8) is 0 Å². The summed E-state index contributed by atoms with van der Waals surface area (Å²) in [6.07, 6.45) is 12.4. The molecule has 18 heavy (non-hydrogen) atoms. The summed E-state index contributed by atoms with van der Waals surface area (Å²) in [6, 6.07) is 7.77. The highest BCUT2D eigenvalue weighted by Crippen LogP contribution is 2.36. The van der Waals surface area contributed by atoms with Crippen LogP contribution in [0.5, 0.6) is 5.75 Å². The predicted molar refractivity (Wildman–Crippen MR) is 76.9 cm³/mol. The van der Waals surface area contributed by atoms with Crippen molar-refractivity contribution in [2.75, 3.05) is 0 Å². The molecule has 1 saturated carbocycles. The third-order valence-electron chi connectivity index (χ3n) is 4.00.